The number of hydrogen-bond donors (Lipinski definition) is 0. The molecule has 1 aliphatic heterocycles. The number of amidine groups is 1. The Morgan fingerprint density at radius 1 is 1.40 bits per heavy atom. The number of likely N-dealkylation sites (tertiary alicyclic amines) is 1. The maximum absolute atomic E-state index is 12.9. The maximum Gasteiger partial charge on any atom is 0.320 e. The molecule has 1 aromatic rings. The van der Waals surface area contributed by atoms with Gasteiger partial charge in [0, 0.05) is 19.0 Å². The highest BCUT2D eigenvalue weighted by atomic mass is 16.5. The minimum absolute atomic E-state index is 0.0203. The maximum atomic E-state index is 12.9. The molecule has 1 heterocycles. The molecule has 0 bridgehead atoms. The zero-order valence-corrected chi connectivity index (χ0v) is 15.7. The summed E-state index contributed by atoms with van der Waals surface area (Å²) < 4.78 is 5.44. The molecule has 0 amide bonds. The quantitative estimate of drug-likeness (QED) is 0.537. The van der Waals surface area contributed by atoms with Crippen LogP contribution < -0.4 is 0 Å². The molecular formula is C21H30N2O2. The number of aliphatic imine (C=N–C) groups is 1. The molecule has 0 spiro atoms. The van der Waals surface area contributed by atoms with E-state index in [4.69, 9.17) is 9.73 Å². The molecule has 4 nitrogen and oxygen atoms in total. The third-order valence-corrected chi connectivity index (χ3v) is 4.97. The summed E-state index contributed by atoms with van der Waals surface area (Å²) in [4.78, 5) is 20.1. The number of piperidine rings is 1. The molecule has 1 aliphatic rings. The zero-order valence-electron chi connectivity index (χ0n) is 15.7. The van der Waals surface area contributed by atoms with Crippen molar-refractivity contribution in [2.75, 3.05) is 19.7 Å². The van der Waals surface area contributed by atoms with Crippen LogP contribution in [-0.4, -0.2) is 36.4 Å². The fourth-order valence-electron chi connectivity index (χ4n) is 3.44. The number of unbranched alkanes of at least 4 members (excludes halogenated alkanes) is 1. The van der Waals surface area contributed by atoms with E-state index in [1.165, 1.54) is 0 Å². The number of benzene rings is 1. The molecule has 4 heteroatoms. The van der Waals surface area contributed by atoms with E-state index in [1.54, 1.807) is 0 Å². The van der Waals surface area contributed by atoms with Crippen molar-refractivity contribution in [3.05, 3.63) is 43.0 Å². The van der Waals surface area contributed by atoms with Gasteiger partial charge in [0.15, 0.2) is 0 Å². The largest absolute Gasteiger partial charge is 0.465 e. The Balaban J connectivity index is 2.51. The van der Waals surface area contributed by atoms with Crippen molar-refractivity contribution in [3.63, 3.8) is 0 Å². The minimum atomic E-state index is -0.806. The summed E-state index contributed by atoms with van der Waals surface area (Å²) >= 11 is 0. The average Bonchev–Trinajstić information content (AvgIpc) is 2.63. The second kappa shape index (κ2) is 8.84. The normalized spacial score (nSPS) is 25.0. The van der Waals surface area contributed by atoms with Gasteiger partial charge >= 0.3 is 5.97 Å². The molecule has 2 atom stereocenters. The van der Waals surface area contributed by atoms with E-state index >= 15 is 0 Å². The number of allylic oxidation sites excluding steroid dienone is 1. The number of nitrogens with zero attached hydrogens (tertiary/aromatic N) is 2. The van der Waals surface area contributed by atoms with E-state index in [9.17, 15) is 4.79 Å². The van der Waals surface area contributed by atoms with E-state index < -0.39 is 5.41 Å². The van der Waals surface area contributed by atoms with Gasteiger partial charge in [-0.15, -0.1) is 6.58 Å². The lowest BCUT2D eigenvalue weighted by atomic mass is 9.71. The van der Waals surface area contributed by atoms with Gasteiger partial charge in [0.25, 0.3) is 0 Å². The van der Waals surface area contributed by atoms with Crippen LogP contribution in [0.1, 0.15) is 40.0 Å². The summed E-state index contributed by atoms with van der Waals surface area (Å²) in [6.07, 6.45) is 4.95. The van der Waals surface area contributed by atoms with Gasteiger partial charge in [-0.1, -0.05) is 37.6 Å². The average molecular weight is 342 g/mol. The number of para-hydroxylation sites is 1. The van der Waals surface area contributed by atoms with E-state index in [0.717, 1.165) is 43.9 Å². The molecule has 1 fully saturated rings. The first-order valence-corrected chi connectivity index (χ1v) is 9.26. The van der Waals surface area contributed by atoms with Crippen molar-refractivity contribution >= 4 is 17.5 Å². The fraction of sp³-hybridized carbons (Fsp3) is 0.524. The Morgan fingerprint density at radius 2 is 2.12 bits per heavy atom. The van der Waals surface area contributed by atoms with Crippen LogP contribution in [0.2, 0.25) is 0 Å². The van der Waals surface area contributed by atoms with Crippen LogP contribution in [-0.2, 0) is 9.53 Å². The van der Waals surface area contributed by atoms with Gasteiger partial charge in [-0.25, -0.2) is 4.99 Å². The van der Waals surface area contributed by atoms with E-state index in [2.05, 4.69) is 18.4 Å². The van der Waals surface area contributed by atoms with Crippen molar-refractivity contribution in [1.29, 1.82) is 0 Å². The Bertz CT molecular complexity index is 612. The predicted molar refractivity (Wildman–Crippen MR) is 103 cm³/mol. The van der Waals surface area contributed by atoms with Gasteiger partial charge in [-0.3, -0.25) is 4.79 Å². The number of carbonyl (C=O) groups is 1. The third-order valence-electron chi connectivity index (χ3n) is 4.97. The Morgan fingerprint density at radius 3 is 2.72 bits per heavy atom. The van der Waals surface area contributed by atoms with Gasteiger partial charge < -0.3 is 9.64 Å². The monoisotopic (exact) mass is 342 g/mol. The first kappa shape index (κ1) is 19.2. The molecule has 1 aromatic carbocycles. The van der Waals surface area contributed by atoms with Crippen LogP contribution in [0, 0.1) is 11.3 Å². The molecule has 0 radical (unpaired) electrons. The van der Waals surface area contributed by atoms with Gasteiger partial charge in [0.1, 0.15) is 11.3 Å². The summed E-state index contributed by atoms with van der Waals surface area (Å²) in [6, 6.07) is 9.83. The SMILES string of the molecule is C=CC1CCN(CCCC)C(=Nc2ccccc2)C1(C)C(=O)OCC. The zero-order chi connectivity index (χ0) is 18.3. The third kappa shape index (κ3) is 4.12. The highest BCUT2D eigenvalue weighted by molar-refractivity contribution is 6.07. The minimum Gasteiger partial charge on any atom is -0.465 e. The van der Waals surface area contributed by atoms with Crippen molar-refractivity contribution in [2.45, 2.75) is 40.0 Å². The van der Waals surface area contributed by atoms with Crippen LogP contribution in [0.15, 0.2) is 48.0 Å². The molecule has 0 aliphatic carbocycles. The van der Waals surface area contributed by atoms with Crippen LogP contribution >= 0.6 is 0 Å². The number of hydrogen-bond acceptors (Lipinski definition) is 3. The summed E-state index contributed by atoms with van der Waals surface area (Å²) in [5.74, 6) is 0.615. The second-order valence-corrected chi connectivity index (χ2v) is 6.67. The smallest absolute Gasteiger partial charge is 0.320 e. The van der Waals surface area contributed by atoms with Crippen molar-refractivity contribution in [3.8, 4) is 0 Å². The van der Waals surface area contributed by atoms with E-state index in [1.807, 2.05) is 50.3 Å². The fourth-order valence-corrected chi connectivity index (χ4v) is 3.44. The second-order valence-electron chi connectivity index (χ2n) is 6.67. The van der Waals surface area contributed by atoms with E-state index in [-0.39, 0.29) is 11.9 Å². The molecule has 25 heavy (non-hydrogen) atoms. The molecule has 2 rings (SSSR count). The summed E-state index contributed by atoms with van der Waals surface area (Å²) in [5, 5.41) is 0. The van der Waals surface area contributed by atoms with Crippen LogP contribution in [0.25, 0.3) is 0 Å². The molecule has 0 saturated carbocycles. The number of ether oxygens (including phenoxy) is 1. The van der Waals surface area contributed by atoms with E-state index in [0.29, 0.717) is 6.61 Å². The predicted octanol–water partition coefficient (Wildman–Crippen LogP) is 4.59. The molecular weight excluding hydrogens is 312 g/mol. The van der Waals surface area contributed by atoms with Gasteiger partial charge in [-0.2, -0.15) is 0 Å². The summed E-state index contributed by atoms with van der Waals surface area (Å²) in [5.41, 5.74) is 0.0544. The lowest BCUT2D eigenvalue weighted by Crippen LogP contribution is -2.56. The lowest BCUT2D eigenvalue weighted by Gasteiger charge is -2.45. The van der Waals surface area contributed by atoms with Gasteiger partial charge in [0.2, 0.25) is 0 Å². The first-order valence-electron chi connectivity index (χ1n) is 9.26. The molecule has 0 N–H and O–H groups in total. The van der Waals surface area contributed by atoms with Gasteiger partial charge in [0.05, 0.1) is 12.3 Å². The highest BCUT2D eigenvalue weighted by Crippen LogP contribution is 2.40. The van der Waals surface area contributed by atoms with Gasteiger partial charge in [-0.05, 0) is 38.8 Å². The summed E-state index contributed by atoms with van der Waals surface area (Å²) in [7, 11) is 0. The van der Waals surface area contributed by atoms with Crippen LogP contribution in [0.3, 0.4) is 0 Å². The Hall–Kier alpha value is -2.10. The summed E-state index contributed by atoms with van der Waals surface area (Å²) in [6.45, 7) is 12.1. The lowest BCUT2D eigenvalue weighted by molar-refractivity contribution is -0.153. The topological polar surface area (TPSA) is 41.9 Å². The highest BCUT2D eigenvalue weighted by Gasteiger charge is 2.50. The Kier molecular flexibility index (Phi) is 6.80. The van der Waals surface area contributed by atoms with Crippen molar-refractivity contribution in [1.82, 2.24) is 4.90 Å². The molecule has 2 unspecified atom stereocenters. The first-order chi connectivity index (χ1) is 12.1. The number of rotatable bonds is 7. The molecule has 136 valence electrons. The number of carbonyl (C=O) groups excluding carboxylic acids is 1. The van der Waals surface area contributed by atoms with Crippen LogP contribution in [0.5, 0.6) is 0 Å². The van der Waals surface area contributed by atoms with Crippen LogP contribution in [0.4, 0.5) is 5.69 Å². The van der Waals surface area contributed by atoms with Crippen molar-refractivity contribution in [2.24, 2.45) is 16.3 Å². The molecule has 1 saturated heterocycles. The molecule has 0 aromatic heterocycles. The standard InChI is InChI=1S/C21H30N2O2/c1-5-8-15-23-16-14-17(6-2)21(4,20(24)25-7-3)19(23)22-18-12-10-9-11-13-18/h6,9-13,17H,2,5,7-8,14-16H2,1,3-4H3. The number of esters is 1. The Labute approximate surface area is 151 Å². The van der Waals surface area contributed by atoms with Crippen molar-refractivity contribution < 1.29 is 9.53 Å².